The van der Waals surface area contributed by atoms with Gasteiger partial charge in [0.15, 0.2) is 0 Å². The van der Waals surface area contributed by atoms with Crippen LogP contribution in [0.25, 0.3) is 0 Å². The summed E-state index contributed by atoms with van der Waals surface area (Å²) in [6, 6.07) is 2.64. The summed E-state index contributed by atoms with van der Waals surface area (Å²) in [6.45, 7) is 9.30. The van der Waals surface area contributed by atoms with Crippen LogP contribution >= 0.6 is 0 Å². The van der Waals surface area contributed by atoms with Gasteiger partial charge in [0.1, 0.15) is 0 Å². The first kappa shape index (κ1) is 15.2. The first-order valence-corrected chi connectivity index (χ1v) is 6.96. The Morgan fingerprint density at radius 3 is 2.50 bits per heavy atom. The summed E-state index contributed by atoms with van der Waals surface area (Å²) in [7, 11) is 4.03. The minimum absolute atomic E-state index is 0.419. The van der Waals surface area contributed by atoms with Gasteiger partial charge in [0.2, 0.25) is 0 Å². The van der Waals surface area contributed by atoms with Crippen LogP contribution in [0, 0.1) is 11.3 Å². The molecule has 0 spiro atoms. The molecule has 0 aliphatic heterocycles. The van der Waals surface area contributed by atoms with E-state index < -0.39 is 0 Å². The van der Waals surface area contributed by atoms with Crippen molar-refractivity contribution in [3.05, 3.63) is 18.0 Å². The average molecular weight is 251 g/mol. The van der Waals surface area contributed by atoms with Crippen LogP contribution in [0.15, 0.2) is 12.3 Å². The van der Waals surface area contributed by atoms with Crippen LogP contribution in [-0.2, 0) is 13.5 Å². The van der Waals surface area contributed by atoms with E-state index in [4.69, 9.17) is 0 Å². The second-order valence-electron chi connectivity index (χ2n) is 6.78. The Balaban J connectivity index is 2.46. The molecule has 2 unspecified atom stereocenters. The quantitative estimate of drug-likeness (QED) is 0.842. The molecule has 1 heterocycles. The Kier molecular flexibility index (Phi) is 5.39. The maximum absolute atomic E-state index is 4.46. The van der Waals surface area contributed by atoms with Crippen molar-refractivity contribution in [1.29, 1.82) is 0 Å². The Morgan fingerprint density at radius 2 is 2.06 bits per heavy atom. The Morgan fingerprint density at radius 1 is 1.39 bits per heavy atom. The third-order valence-corrected chi connectivity index (χ3v) is 3.28. The maximum atomic E-state index is 4.46. The van der Waals surface area contributed by atoms with Gasteiger partial charge in [0, 0.05) is 25.7 Å². The van der Waals surface area contributed by atoms with E-state index in [0.29, 0.717) is 11.5 Å². The number of hydrogen-bond acceptors (Lipinski definition) is 2. The average Bonchev–Trinajstić information content (AvgIpc) is 2.60. The molecule has 3 heteroatoms. The highest BCUT2D eigenvalue weighted by atomic mass is 15.2. The van der Waals surface area contributed by atoms with Crippen LogP contribution in [0.2, 0.25) is 0 Å². The van der Waals surface area contributed by atoms with Gasteiger partial charge >= 0.3 is 0 Å². The van der Waals surface area contributed by atoms with Crippen LogP contribution in [0.5, 0.6) is 0 Å². The van der Waals surface area contributed by atoms with Crippen molar-refractivity contribution < 1.29 is 0 Å². The summed E-state index contributed by atoms with van der Waals surface area (Å²) in [4.78, 5) is 0. The van der Waals surface area contributed by atoms with Gasteiger partial charge in [-0.05, 0) is 37.3 Å². The van der Waals surface area contributed by atoms with Gasteiger partial charge in [-0.15, -0.1) is 0 Å². The fraction of sp³-hybridized carbons (Fsp3) is 0.800. The molecule has 1 N–H and O–H groups in total. The molecule has 1 rings (SSSR count). The molecule has 0 saturated carbocycles. The molecular formula is C15H29N3. The molecule has 0 bridgehead atoms. The Labute approximate surface area is 112 Å². The molecule has 18 heavy (non-hydrogen) atoms. The van der Waals surface area contributed by atoms with Gasteiger partial charge in [-0.1, -0.05) is 27.7 Å². The van der Waals surface area contributed by atoms with Gasteiger partial charge in [0.25, 0.3) is 0 Å². The normalized spacial score (nSPS) is 15.7. The van der Waals surface area contributed by atoms with E-state index in [0.717, 1.165) is 12.3 Å². The summed E-state index contributed by atoms with van der Waals surface area (Å²) >= 11 is 0. The number of nitrogens with zero attached hydrogens (tertiary/aromatic N) is 2. The highest BCUT2D eigenvalue weighted by molar-refractivity contribution is 5.01. The topological polar surface area (TPSA) is 29.9 Å². The lowest BCUT2D eigenvalue weighted by Crippen LogP contribution is -2.30. The van der Waals surface area contributed by atoms with E-state index in [1.165, 1.54) is 18.5 Å². The molecule has 1 aromatic heterocycles. The Bertz CT molecular complexity index is 349. The minimum Gasteiger partial charge on any atom is -0.317 e. The molecule has 3 nitrogen and oxygen atoms in total. The number of aromatic nitrogens is 2. The van der Waals surface area contributed by atoms with E-state index in [9.17, 15) is 0 Å². The van der Waals surface area contributed by atoms with Crippen molar-refractivity contribution in [1.82, 2.24) is 15.1 Å². The molecule has 1 aromatic rings. The molecule has 0 aromatic carbocycles. The van der Waals surface area contributed by atoms with Gasteiger partial charge in [-0.3, -0.25) is 4.68 Å². The largest absolute Gasteiger partial charge is 0.317 e. The lowest BCUT2D eigenvalue weighted by atomic mass is 9.82. The molecule has 0 amide bonds. The highest BCUT2D eigenvalue weighted by Gasteiger charge is 2.19. The molecule has 0 aliphatic carbocycles. The Hall–Kier alpha value is -0.830. The molecule has 0 saturated heterocycles. The van der Waals surface area contributed by atoms with Gasteiger partial charge in [-0.25, -0.2) is 0 Å². The van der Waals surface area contributed by atoms with Crippen LogP contribution in [0.1, 0.15) is 46.2 Å². The van der Waals surface area contributed by atoms with E-state index in [2.05, 4.69) is 51.2 Å². The van der Waals surface area contributed by atoms with E-state index in [1.807, 2.05) is 17.9 Å². The summed E-state index contributed by atoms with van der Waals surface area (Å²) in [5.41, 5.74) is 1.60. The second kappa shape index (κ2) is 6.37. The standard InChI is InChI=1S/C15H29N3/c1-12(11-15(2,3)4)9-14(16-5)10-13-7-8-18(6)17-13/h7-8,12,14,16H,9-11H2,1-6H3. The summed E-state index contributed by atoms with van der Waals surface area (Å²) < 4.78 is 1.88. The molecule has 2 atom stereocenters. The SMILES string of the molecule is CNC(Cc1ccn(C)n1)CC(C)CC(C)(C)C. The zero-order chi connectivity index (χ0) is 13.8. The van der Waals surface area contributed by atoms with Crippen molar-refractivity contribution >= 4 is 0 Å². The van der Waals surface area contributed by atoms with Crippen molar-refractivity contribution in [2.75, 3.05) is 7.05 Å². The fourth-order valence-electron chi connectivity index (χ4n) is 2.74. The second-order valence-corrected chi connectivity index (χ2v) is 6.78. The third kappa shape index (κ3) is 5.67. The van der Waals surface area contributed by atoms with Crippen LogP contribution in [-0.4, -0.2) is 22.9 Å². The molecule has 0 aliphatic rings. The monoisotopic (exact) mass is 251 g/mol. The van der Waals surface area contributed by atoms with Crippen molar-refractivity contribution in [3.63, 3.8) is 0 Å². The number of rotatable bonds is 6. The third-order valence-electron chi connectivity index (χ3n) is 3.28. The number of likely N-dealkylation sites (N-methyl/N-ethyl adjacent to an activating group) is 1. The summed E-state index contributed by atoms with van der Waals surface area (Å²) in [5, 5.41) is 7.88. The first-order valence-electron chi connectivity index (χ1n) is 6.96. The first-order chi connectivity index (χ1) is 8.30. The van der Waals surface area contributed by atoms with Crippen molar-refractivity contribution in [3.8, 4) is 0 Å². The van der Waals surface area contributed by atoms with Crippen LogP contribution < -0.4 is 5.32 Å². The number of nitrogens with one attached hydrogen (secondary N) is 1. The fourth-order valence-corrected chi connectivity index (χ4v) is 2.74. The van der Waals surface area contributed by atoms with Crippen molar-refractivity contribution in [2.24, 2.45) is 18.4 Å². The van der Waals surface area contributed by atoms with Crippen LogP contribution in [0.3, 0.4) is 0 Å². The molecule has 0 radical (unpaired) electrons. The van der Waals surface area contributed by atoms with Gasteiger partial charge in [-0.2, -0.15) is 5.10 Å². The van der Waals surface area contributed by atoms with Crippen LogP contribution in [0.4, 0.5) is 0 Å². The van der Waals surface area contributed by atoms with E-state index in [-0.39, 0.29) is 0 Å². The predicted molar refractivity (Wildman–Crippen MR) is 77.6 cm³/mol. The minimum atomic E-state index is 0.419. The van der Waals surface area contributed by atoms with Gasteiger partial charge < -0.3 is 5.32 Å². The lowest BCUT2D eigenvalue weighted by Gasteiger charge is -2.26. The summed E-state index contributed by atoms with van der Waals surface area (Å²) in [5.74, 6) is 0.742. The molecule has 0 fully saturated rings. The molecular weight excluding hydrogens is 222 g/mol. The number of aryl methyl sites for hydroxylation is 1. The van der Waals surface area contributed by atoms with Gasteiger partial charge in [0.05, 0.1) is 5.69 Å². The lowest BCUT2D eigenvalue weighted by molar-refractivity contribution is 0.277. The van der Waals surface area contributed by atoms with E-state index >= 15 is 0 Å². The van der Waals surface area contributed by atoms with Crippen molar-refractivity contribution in [2.45, 2.75) is 53.0 Å². The predicted octanol–water partition coefficient (Wildman–Crippen LogP) is 3.01. The molecule has 104 valence electrons. The van der Waals surface area contributed by atoms with E-state index in [1.54, 1.807) is 0 Å². The maximum Gasteiger partial charge on any atom is 0.0639 e. The smallest absolute Gasteiger partial charge is 0.0639 e. The zero-order valence-corrected chi connectivity index (χ0v) is 12.8. The summed E-state index contributed by atoms with van der Waals surface area (Å²) in [6.07, 6.45) is 5.52. The number of hydrogen-bond donors (Lipinski definition) is 1. The zero-order valence-electron chi connectivity index (χ0n) is 12.8. The highest BCUT2D eigenvalue weighted by Crippen LogP contribution is 2.27.